The quantitative estimate of drug-likeness (QED) is 0.792. The van der Waals surface area contributed by atoms with Crippen molar-refractivity contribution in [3.05, 3.63) is 6.07 Å². The topological polar surface area (TPSA) is 60.0 Å². The first-order valence-electron chi connectivity index (χ1n) is 7.19. The van der Waals surface area contributed by atoms with Crippen molar-refractivity contribution in [2.24, 2.45) is 5.92 Å². The van der Waals surface area contributed by atoms with E-state index < -0.39 is 0 Å². The van der Waals surface area contributed by atoms with Crippen LogP contribution in [0, 0.1) is 5.92 Å². The van der Waals surface area contributed by atoms with Crippen LogP contribution in [0.2, 0.25) is 0 Å². The van der Waals surface area contributed by atoms with E-state index in [0.717, 1.165) is 38.7 Å². The van der Waals surface area contributed by atoms with E-state index in [4.69, 9.17) is 14.2 Å². The molecule has 7 nitrogen and oxygen atoms in total. The lowest BCUT2D eigenvalue weighted by molar-refractivity contribution is 0.0929. The summed E-state index contributed by atoms with van der Waals surface area (Å²) in [5, 5.41) is 0. The number of ether oxygens (including phenoxy) is 3. The van der Waals surface area contributed by atoms with Gasteiger partial charge in [0, 0.05) is 31.6 Å². The molecule has 0 saturated carbocycles. The predicted octanol–water partition coefficient (Wildman–Crippen LogP) is 0.261. The molecule has 21 heavy (non-hydrogen) atoms. The molecule has 2 aliphatic heterocycles. The van der Waals surface area contributed by atoms with Gasteiger partial charge < -0.3 is 19.1 Å². The number of hydrogen-bond acceptors (Lipinski definition) is 7. The highest BCUT2D eigenvalue weighted by atomic mass is 16.5. The number of anilines is 1. The van der Waals surface area contributed by atoms with Crippen LogP contribution in [0.4, 0.5) is 5.82 Å². The number of hydrogen-bond donors (Lipinski definition) is 0. The van der Waals surface area contributed by atoms with Crippen LogP contribution in [0.15, 0.2) is 6.07 Å². The number of aromatic nitrogens is 2. The molecule has 3 rings (SSSR count). The highest BCUT2D eigenvalue weighted by molar-refractivity contribution is 5.43. The molecule has 0 aliphatic carbocycles. The summed E-state index contributed by atoms with van der Waals surface area (Å²) >= 11 is 0. The first-order valence-corrected chi connectivity index (χ1v) is 7.19. The zero-order valence-corrected chi connectivity index (χ0v) is 12.8. The van der Waals surface area contributed by atoms with Gasteiger partial charge in [0.15, 0.2) is 0 Å². The Bertz CT molecular complexity index is 477. The summed E-state index contributed by atoms with van der Waals surface area (Å²) < 4.78 is 16.2. The zero-order chi connectivity index (χ0) is 14.8. The van der Waals surface area contributed by atoms with E-state index in [-0.39, 0.29) is 0 Å². The lowest BCUT2D eigenvalue weighted by Crippen LogP contribution is -2.42. The van der Waals surface area contributed by atoms with E-state index in [9.17, 15) is 0 Å². The molecule has 2 bridgehead atoms. The van der Waals surface area contributed by atoms with Crippen LogP contribution in [-0.4, -0.2) is 75.0 Å². The van der Waals surface area contributed by atoms with E-state index in [1.165, 1.54) is 0 Å². The van der Waals surface area contributed by atoms with Gasteiger partial charge in [0.1, 0.15) is 5.82 Å². The Hall–Kier alpha value is -1.60. The van der Waals surface area contributed by atoms with Gasteiger partial charge in [0.05, 0.1) is 33.5 Å². The molecule has 0 amide bonds. The van der Waals surface area contributed by atoms with Crippen molar-refractivity contribution in [3.8, 4) is 11.9 Å². The highest BCUT2D eigenvalue weighted by Crippen LogP contribution is 2.26. The van der Waals surface area contributed by atoms with Crippen LogP contribution in [0.5, 0.6) is 11.9 Å². The molecule has 2 aliphatic rings. The second-order valence-corrected chi connectivity index (χ2v) is 5.66. The van der Waals surface area contributed by atoms with Gasteiger partial charge in [-0.05, 0) is 7.05 Å². The van der Waals surface area contributed by atoms with Gasteiger partial charge in [-0.2, -0.15) is 9.97 Å². The first kappa shape index (κ1) is 14.3. The average molecular weight is 294 g/mol. The summed E-state index contributed by atoms with van der Waals surface area (Å²) in [5.74, 6) is 1.86. The van der Waals surface area contributed by atoms with Gasteiger partial charge in [-0.25, -0.2) is 0 Å². The standard InChI is InChI=1S/C14H22N4O3/c1-17-5-10-6-18(7-11(17)9-21-8-10)12-4-13(19-2)16-14(15-12)20-3/h4,10-11H,5-9H2,1-3H3/t10-,11+/m1/s1. The van der Waals surface area contributed by atoms with Crippen molar-refractivity contribution in [2.75, 3.05) is 59.0 Å². The molecule has 0 spiro atoms. The maximum absolute atomic E-state index is 5.76. The smallest absolute Gasteiger partial charge is 0.321 e. The van der Waals surface area contributed by atoms with E-state index >= 15 is 0 Å². The lowest BCUT2D eigenvalue weighted by Gasteiger charge is -2.30. The Balaban J connectivity index is 1.89. The van der Waals surface area contributed by atoms with Crippen molar-refractivity contribution in [1.82, 2.24) is 14.9 Å². The molecule has 3 heterocycles. The molecule has 1 aromatic rings. The largest absolute Gasteiger partial charge is 0.481 e. The number of fused-ring (bicyclic) bond motifs is 3. The average Bonchev–Trinajstić information content (AvgIpc) is 2.75. The minimum Gasteiger partial charge on any atom is -0.481 e. The molecule has 0 N–H and O–H groups in total. The number of likely N-dealkylation sites (N-methyl/N-ethyl adjacent to an activating group) is 1. The van der Waals surface area contributed by atoms with Crippen molar-refractivity contribution in [1.29, 1.82) is 0 Å². The summed E-state index contributed by atoms with van der Waals surface area (Å²) in [6.07, 6.45) is 0. The SMILES string of the molecule is COc1cc(N2C[C@@H]3COC[C@H](C2)N(C)C3)nc(OC)n1. The molecular formula is C14H22N4O3. The first-order chi connectivity index (χ1) is 10.2. The summed E-state index contributed by atoms with van der Waals surface area (Å²) in [4.78, 5) is 13.3. The van der Waals surface area contributed by atoms with Crippen molar-refractivity contribution >= 4 is 5.82 Å². The summed E-state index contributed by atoms with van der Waals surface area (Å²) in [6, 6.07) is 2.58. The zero-order valence-electron chi connectivity index (χ0n) is 12.8. The molecular weight excluding hydrogens is 272 g/mol. The molecule has 1 aromatic heterocycles. The van der Waals surface area contributed by atoms with E-state index in [0.29, 0.717) is 23.9 Å². The van der Waals surface area contributed by atoms with Gasteiger partial charge in [0.25, 0.3) is 0 Å². The minimum absolute atomic E-state index is 0.336. The van der Waals surface area contributed by atoms with E-state index in [2.05, 4.69) is 26.8 Å². The Morgan fingerprint density at radius 3 is 2.76 bits per heavy atom. The molecule has 116 valence electrons. The third-order valence-corrected chi connectivity index (χ3v) is 4.13. The second-order valence-electron chi connectivity index (χ2n) is 5.66. The maximum atomic E-state index is 5.76. The molecule has 0 aromatic carbocycles. The van der Waals surface area contributed by atoms with Crippen LogP contribution < -0.4 is 14.4 Å². The van der Waals surface area contributed by atoms with Crippen LogP contribution in [-0.2, 0) is 4.74 Å². The molecule has 0 unspecified atom stereocenters. The predicted molar refractivity (Wildman–Crippen MR) is 78.1 cm³/mol. The molecule has 7 heteroatoms. The Morgan fingerprint density at radius 2 is 2.00 bits per heavy atom. The Morgan fingerprint density at radius 1 is 1.14 bits per heavy atom. The molecule has 2 saturated heterocycles. The fourth-order valence-corrected chi connectivity index (χ4v) is 2.99. The fourth-order valence-electron chi connectivity index (χ4n) is 2.99. The second kappa shape index (κ2) is 6.03. The Labute approximate surface area is 124 Å². The maximum Gasteiger partial charge on any atom is 0.321 e. The van der Waals surface area contributed by atoms with Crippen LogP contribution in [0.3, 0.4) is 0 Å². The van der Waals surface area contributed by atoms with Crippen molar-refractivity contribution < 1.29 is 14.2 Å². The van der Waals surface area contributed by atoms with Crippen LogP contribution in [0.1, 0.15) is 0 Å². The summed E-state index contributed by atoms with van der Waals surface area (Å²) in [7, 11) is 5.33. The molecule has 2 fully saturated rings. The Kier molecular flexibility index (Phi) is 4.12. The lowest BCUT2D eigenvalue weighted by atomic mass is 10.1. The van der Waals surface area contributed by atoms with Gasteiger partial charge in [-0.3, -0.25) is 4.90 Å². The van der Waals surface area contributed by atoms with Gasteiger partial charge in [0.2, 0.25) is 5.88 Å². The number of methoxy groups -OCH3 is 2. The minimum atomic E-state index is 0.336. The van der Waals surface area contributed by atoms with Crippen molar-refractivity contribution in [3.63, 3.8) is 0 Å². The van der Waals surface area contributed by atoms with Crippen LogP contribution in [0.25, 0.3) is 0 Å². The van der Waals surface area contributed by atoms with Gasteiger partial charge in [-0.15, -0.1) is 0 Å². The third-order valence-electron chi connectivity index (χ3n) is 4.13. The monoisotopic (exact) mass is 294 g/mol. The van der Waals surface area contributed by atoms with Gasteiger partial charge >= 0.3 is 6.01 Å². The van der Waals surface area contributed by atoms with Crippen LogP contribution >= 0.6 is 0 Å². The normalized spacial score (nSPS) is 26.3. The number of nitrogens with zero attached hydrogens (tertiary/aromatic N) is 4. The molecule has 0 radical (unpaired) electrons. The van der Waals surface area contributed by atoms with E-state index in [1.807, 2.05) is 6.07 Å². The third kappa shape index (κ3) is 3.03. The fraction of sp³-hybridized carbons (Fsp3) is 0.714. The van der Waals surface area contributed by atoms with Gasteiger partial charge in [-0.1, -0.05) is 0 Å². The highest BCUT2D eigenvalue weighted by Gasteiger charge is 2.32. The molecule has 2 atom stereocenters. The van der Waals surface area contributed by atoms with Crippen molar-refractivity contribution in [2.45, 2.75) is 6.04 Å². The number of rotatable bonds is 3. The summed E-state index contributed by atoms with van der Waals surface area (Å²) in [5.41, 5.74) is 0. The summed E-state index contributed by atoms with van der Waals surface area (Å²) in [6.45, 7) is 4.43. The van der Waals surface area contributed by atoms with E-state index in [1.54, 1.807) is 14.2 Å².